The van der Waals surface area contributed by atoms with Crippen molar-refractivity contribution in [3.8, 4) is 0 Å². The summed E-state index contributed by atoms with van der Waals surface area (Å²) < 4.78 is 49.2. The Morgan fingerprint density at radius 3 is 2.60 bits per heavy atom. The van der Waals surface area contributed by atoms with E-state index >= 15 is 0 Å². The Labute approximate surface area is 280 Å². The van der Waals surface area contributed by atoms with E-state index in [1.54, 1.807) is 13.0 Å². The molecule has 1 spiro atoms. The van der Waals surface area contributed by atoms with E-state index in [0.29, 0.717) is 31.8 Å². The predicted octanol–water partition coefficient (Wildman–Crippen LogP) is 8.38. The number of allylic oxidation sites excluding steroid dienone is 2. The van der Waals surface area contributed by atoms with Crippen molar-refractivity contribution in [1.29, 1.82) is 0 Å². The number of amides is 1. The predicted molar refractivity (Wildman–Crippen MR) is 186 cm³/mol. The van der Waals surface area contributed by atoms with Gasteiger partial charge in [0.2, 0.25) is 5.91 Å². The number of carbonyl (C=O) groups excluding carboxylic acids is 1. The van der Waals surface area contributed by atoms with Gasteiger partial charge in [0.15, 0.2) is 0 Å². The lowest BCUT2D eigenvalue weighted by Gasteiger charge is -2.35. The van der Waals surface area contributed by atoms with Crippen LogP contribution in [0.3, 0.4) is 0 Å². The number of likely N-dealkylation sites (tertiary alicyclic amines) is 1. The molecule has 1 aliphatic carbocycles. The minimum absolute atomic E-state index is 0.0230. The average molecular weight is 660 g/mol. The third-order valence-electron chi connectivity index (χ3n) is 9.72. The molecular weight excluding hydrogens is 603 g/mol. The lowest BCUT2D eigenvalue weighted by Crippen LogP contribution is -2.44. The largest absolute Gasteiger partial charge is 0.419 e. The molecule has 0 bridgehead atoms. The van der Waals surface area contributed by atoms with Crippen LogP contribution in [0.15, 0.2) is 46.7 Å². The first-order chi connectivity index (χ1) is 22.5. The fourth-order valence-electron chi connectivity index (χ4n) is 6.76. The van der Waals surface area contributed by atoms with E-state index in [0.717, 1.165) is 101 Å². The molecule has 3 fully saturated rings. The number of halogens is 3. The van der Waals surface area contributed by atoms with Crippen molar-refractivity contribution < 1.29 is 22.7 Å². The van der Waals surface area contributed by atoms with Crippen molar-refractivity contribution in [1.82, 2.24) is 10.2 Å². The third kappa shape index (κ3) is 10.00. The monoisotopic (exact) mass is 659 g/mol. The second-order valence-electron chi connectivity index (χ2n) is 13.4. The van der Waals surface area contributed by atoms with Crippen LogP contribution in [0, 0.1) is 5.92 Å². The zero-order valence-corrected chi connectivity index (χ0v) is 29.1. The second kappa shape index (κ2) is 16.9. The number of carbonyl (C=O) groups is 1. The number of hydrogen-bond acceptors (Lipinski definition) is 5. The zero-order valence-electron chi connectivity index (χ0n) is 29.1. The zero-order chi connectivity index (χ0) is 34.0. The SMILES string of the molecule is CCC/C=C(NCCCN1C(=O)C(CCCC)CC1CC)/C(=C\N=C(C)Nc1ccc(N2CCOC3(CC3)C2)cc1CC)C(F)(F)F. The van der Waals surface area contributed by atoms with Gasteiger partial charge in [-0.05, 0) is 82.1 Å². The first-order valence-electron chi connectivity index (χ1n) is 17.9. The molecule has 7 nitrogen and oxygen atoms in total. The lowest BCUT2D eigenvalue weighted by molar-refractivity contribution is -0.132. The van der Waals surface area contributed by atoms with Crippen LogP contribution in [0.25, 0.3) is 0 Å². The topological polar surface area (TPSA) is 69.2 Å². The molecule has 3 aliphatic rings. The van der Waals surface area contributed by atoms with Gasteiger partial charge in [0.1, 0.15) is 5.84 Å². The number of hydrogen-bond donors (Lipinski definition) is 2. The molecule has 2 atom stereocenters. The van der Waals surface area contributed by atoms with Crippen LogP contribution in [0.4, 0.5) is 24.5 Å². The molecule has 2 N–H and O–H groups in total. The summed E-state index contributed by atoms with van der Waals surface area (Å²) in [7, 11) is 0. The molecule has 2 heterocycles. The van der Waals surface area contributed by atoms with Crippen molar-refractivity contribution in [2.45, 2.75) is 123 Å². The number of unbranched alkanes of at least 4 members (excludes halogenated alkanes) is 2. The van der Waals surface area contributed by atoms with E-state index < -0.39 is 11.7 Å². The van der Waals surface area contributed by atoms with Crippen molar-refractivity contribution in [2.24, 2.45) is 10.9 Å². The molecule has 10 heteroatoms. The number of anilines is 2. The number of nitrogens with one attached hydrogen (secondary N) is 2. The van der Waals surface area contributed by atoms with E-state index in [4.69, 9.17) is 4.74 Å². The number of ether oxygens (including phenoxy) is 1. The Bertz CT molecular complexity index is 1290. The van der Waals surface area contributed by atoms with Gasteiger partial charge in [-0.15, -0.1) is 0 Å². The van der Waals surface area contributed by atoms with Gasteiger partial charge < -0.3 is 25.2 Å². The number of aryl methyl sites for hydroxylation is 1. The van der Waals surface area contributed by atoms with Crippen molar-refractivity contribution in [3.05, 3.63) is 47.3 Å². The number of aliphatic imine (C=N–C) groups is 1. The molecule has 0 radical (unpaired) electrons. The summed E-state index contributed by atoms with van der Waals surface area (Å²) >= 11 is 0. The Hall–Kier alpha value is -3.01. The third-order valence-corrected chi connectivity index (χ3v) is 9.72. The Morgan fingerprint density at radius 1 is 1.15 bits per heavy atom. The van der Waals surface area contributed by atoms with Gasteiger partial charge in [0.05, 0.1) is 17.8 Å². The number of nitrogens with zero attached hydrogens (tertiary/aromatic N) is 3. The molecule has 2 aliphatic heterocycles. The molecule has 262 valence electrons. The van der Waals surface area contributed by atoms with E-state index in [1.165, 1.54) is 0 Å². The van der Waals surface area contributed by atoms with Gasteiger partial charge in [-0.3, -0.25) is 4.79 Å². The standard InChI is InChI=1S/C37H56F3N5O2/c1-6-10-13-29-24-30(9-4)45(35(29)46)20-12-19-41-34(14-11-7-2)32(37(38,39)40)25-42-27(5)43-33-16-15-31(23-28(33)8-3)44-21-22-47-36(26-44)17-18-36/h14-16,23,25,29-30,41H,6-13,17-22,24,26H2,1-5H3,(H,42,43)/b32-25+,34-14-. The number of morpholine rings is 1. The van der Waals surface area contributed by atoms with Gasteiger partial charge in [0, 0.05) is 61.4 Å². The molecular formula is C37H56F3N5O2. The fourth-order valence-corrected chi connectivity index (χ4v) is 6.76. The highest BCUT2D eigenvalue weighted by Crippen LogP contribution is 2.43. The molecule has 4 rings (SSSR count). The number of alkyl halides is 3. The van der Waals surface area contributed by atoms with Crippen molar-refractivity contribution in [3.63, 3.8) is 0 Å². The normalized spacial score (nSPS) is 22.0. The van der Waals surface area contributed by atoms with E-state index in [-0.39, 0.29) is 29.2 Å². The lowest BCUT2D eigenvalue weighted by atomic mass is 9.98. The van der Waals surface area contributed by atoms with Crippen LogP contribution in [0.2, 0.25) is 0 Å². The van der Waals surface area contributed by atoms with E-state index in [2.05, 4.69) is 53.4 Å². The smallest absolute Gasteiger partial charge is 0.385 e. The highest BCUT2D eigenvalue weighted by atomic mass is 19.4. The summed E-state index contributed by atoms with van der Waals surface area (Å²) in [6, 6.07) is 6.43. The van der Waals surface area contributed by atoms with Crippen LogP contribution in [-0.2, 0) is 16.0 Å². The molecule has 1 amide bonds. The number of benzene rings is 1. The van der Waals surface area contributed by atoms with Crippen molar-refractivity contribution in [2.75, 3.05) is 43.0 Å². The summed E-state index contributed by atoms with van der Waals surface area (Å²) in [6.45, 7) is 13.3. The van der Waals surface area contributed by atoms with Gasteiger partial charge in [0.25, 0.3) is 0 Å². The van der Waals surface area contributed by atoms with Crippen molar-refractivity contribution >= 4 is 23.1 Å². The Balaban J connectivity index is 1.42. The molecule has 0 aromatic heterocycles. The van der Waals surface area contributed by atoms with Gasteiger partial charge in [-0.2, -0.15) is 13.2 Å². The Kier molecular flexibility index (Phi) is 13.2. The minimum Gasteiger partial charge on any atom is -0.385 e. The summed E-state index contributed by atoms with van der Waals surface area (Å²) in [5.41, 5.74) is 2.32. The van der Waals surface area contributed by atoms with Crippen LogP contribution >= 0.6 is 0 Å². The summed E-state index contributed by atoms with van der Waals surface area (Å²) in [4.78, 5) is 21.6. The maximum Gasteiger partial charge on any atom is 0.419 e. The van der Waals surface area contributed by atoms with Gasteiger partial charge in [-0.1, -0.05) is 53.0 Å². The maximum atomic E-state index is 14.4. The van der Waals surface area contributed by atoms with Crippen LogP contribution in [-0.4, -0.2) is 67.2 Å². The first kappa shape index (κ1) is 36.8. The van der Waals surface area contributed by atoms with Crippen LogP contribution < -0.4 is 15.5 Å². The number of amidine groups is 1. The molecule has 2 unspecified atom stereocenters. The number of rotatable bonds is 16. The Morgan fingerprint density at radius 2 is 1.94 bits per heavy atom. The molecule has 1 saturated carbocycles. The maximum absolute atomic E-state index is 14.4. The van der Waals surface area contributed by atoms with Crippen LogP contribution in [0.1, 0.15) is 104 Å². The first-order valence-corrected chi connectivity index (χ1v) is 17.9. The van der Waals surface area contributed by atoms with Crippen LogP contribution in [0.5, 0.6) is 0 Å². The molecule has 47 heavy (non-hydrogen) atoms. The summed E-state index contributed by atoms with van der Waals surface area (Å²) in [5.74, 6) is 0.658. The van der Waals surface area contributed by atoms with Gasteiger partial charge >= 0.3 is 6.18 Å². The fraction of sp³-hybridized carbons (Fsp3) is 0.676. The highest BCUT2D eigenvalue weighted by Gasteiger charge is 2.47. The molecule has 1 aromatic rings. The van der Waals surface area contributed by atoms with E-state index in [1.807, 2.05) is 17.9 Å². The second-order valence-corrected chi connectivity index (χ2v) is 13.4. The highest BCUT2D eigenvalue weighted by molar-refractivity contribution is 5.95. The van der Waals surface area contributed by atoms with Gasteiger partial charge in [-0.25, -0.2) is 4.99 Å². The van der Waals surface area contributed by atoms with E-state index in [9.17, 15) is 18.0 Å². The summed E-state index contributed by atoms with van der Waals surface area (Å²) in [6.07, 6.45) is 7.54. The summed E-state index contributed by atoms with van der Waals surface area (Å²) in [5, 5.41) is 6.29. The average Bonchev–Trinajstić information content (AvgIpc) is 3.72. The molecule has 2 saturated heterocycles. The molecule has 1 aromatic carbocycles. The quantitative estimate of drug-likeness (QED) is 0.0808. The minimum atomic E-state index is -4.59.